The zero-order valence-electron chi connectivity index (χ0n) is 21.1. The molecular weight excluding hydrogens is 498 g/mol. The highest BCUT2D eigenvalue weighted by Crippen LogP contribution is 2.29. The second-order valence-corrected chi connectivity index (χ2v) is 8.66. The summed E-state index contributed by atoms with van der Waals surface area (Å²) in [7, 11) is 0. The molecule has 0 aliphatic carbocycles. The van der Waals surface area contributed by atoms with Gasteiger partial charge in [-0.1, -0.05) is 36.2 Å². The molecule has 14 nitrogen and oxygen atoms in total. The van der Waals surface area contributed by atoms with Crippen LogP contribution < -0.4 is 22.0 Å². The van der Waals surface area contributed by atoms with Gasteiger partial charge in [0.05, 0.1) is 18.8 Å². The van der Waals surface area contributed by atoms with Gasteiger partial charge in [0.2, 0.25) is 11.8 Å². The van der Waals surface area contributed by atoms with E-state index >= 15 is 0 Å². The van der Waals surface area contributed by atoms with Gasteiger partial charge in [0.25, 0.3) is 5.56 Å². The summed E-state index contributed by atoms with van der Waals surface area (Å²) in [5.74, 6) is -0.346. The molecule has 5 N–H and O–H groups in total. The maximum atomic E-state index is 11.7. The Kier molecular flexibility index (Phi) is 12.7. The van der Waals surface area contributed by atoms with Crippen LogP contribution in [0.1, 0.15) is 56.7 Å². The highest BCUT2D eigenvalue weighted by molar-refractivity contribution is 5.90. The number of rotatable bonds is 11. The largest absolute Gasteiger partial charge is 0.394 e. The number of nitrogens with zero attached hydrogens (tertiary/aromatic N) is 4. The summed E-state index contributed by atoms with van der Waals surface area (Å²) in [6.45, 7) is 1.26. The number of carbonyl (C=O) groups excluding carboxylic acids is 2. The molecule has 0 saturated carbocycles. The minimum absolute atomic E-state index is 0.0132. The van der Waals surface area contributed by atoms with E-state index in [4.69, 9.17) is 20.6 Å². The number of ether oxygens (including phenoxy) is 1. The fourth-order valence-electron chi connectivity index (χ4n) is 3.76. The van der Waals surface area contributed by atoms with Gasteiger partial charge in [-0.2, -0.15) is 0 Å². The molecule has 1 saturated heterocycles. The van der Waals surface area contributed by atoms with E-state index in [2.05, 4.69) is 20.3 Å². The van der Waals surface area contributed by atoms with Crippen molar-refractivity contribution < 1.29 is 24.6 Å². The summed E-state index contributed by atoms with van der Waals surface area (Å²) in [4.78, 5) is 50.2. The average molecular weight is 532 g/mol. The number of aryl methyl sites for hydroxylation is 1. The molecule has 0 spiro atoms. The molecule has 206 valence electrons. The maximum Gasteiger partial charge on any atom is 0.330 e. The number of benzene rings is 1. The number of hydroxylamine groups is 1. The Morgan fingerprint density at radius 2 is 1.82 bits per heavy atom. The number of carbonyl (C=O) groups is 2. The molecule has 1 aromatic heterocycles. The number of hydrogen-bond acceptors (Lipinski definition) is 8. The number of azide groups is 1. The lowest BCUT2D eigenvalue weighted by Gasteiger charge is -2.14. The van der Waals surface area contributed by atoms with Gasteiger partial charge in [0.1, 0.15) is 6.23 Å². The van der Waals surface area contributed by atoms with Gasteiger partial charge in [0, 0.05) is 41.6 Å². The van der Waals surface area contributed by atoms with Crippen LogP contribution in [-0.2, 0) is 14.3 Å². The third-order valence-electron chi connectivity index (χ3n) is 5.78. The van der Waals surface area contributed by atoms with Crippen LogP contribution in [0.15, 0.2) is 51.2 Å². The normalized spacial score (nSPS) is 18.0. The first-order valence-electron chi connectivity index (χ1n) is 12.2. The molecule has 3 rings (SSSR count). The number of para-hydroxylation sites is 1. The standard InChI is InChI=1S/C14H20N2O3.C10H13N5O4/c17-13(15-12-8-4-3-5-9-12)10-6-1-2-7-11-14(18)16-19;1-5-3-15(10(18)12-9(5)17)8-2-6(13-14-11)7(4-16)19-8/h3-5,8-9,19H,1-2,6-7,10-11H2,(H,15,17)(H,16,18);3,6-8,16H,2,4H2,1H3,(H,12,17,18)/t;6-,7+,8+/m.0/s1. The molecule has 0 radical (unpaired) electrons. The Labute approximate surface area is 218 Å². The fraction of sp³-hybridized carbons (Fsp3) is 0.500. The lowest BCUT2D eigenvalue weighted by atomic mass is 10.1. The SMILES string of the molecule is Cc1cn([C@H]2C[C@H](N=[N+]=[N-])[C@@H](CO)O2)c(=O)[nH]c1=O.O=C(CCCCCCC(=O)Nc1ccccc1)NO. The van der Waals surface area contributed by atoms with Gasteiger partial charge in [-0.3, -0.25) is 29.1 Å². The lowest BCUT2D eigenvalue weighted by Crippen LogP contribution is -2.33. The molecule has 1 aliphatic heterocycles. The van der Waals surface area contributed by atoms with Crippen LogP contribution in [0.4, 0.5) is 5.69 Å². The van der Waals surface area contributed by atoms with E-state index < -0.39 is 29.6 Å². The smallest absolute Gasteiger partial charge is 0.330 e. The molecular formula is C24H33N7O7. The topological polar surface area (TPSA) is 212 Å². The van der Waals surface area contributed by atoms with E-state index in [9.17, 15) is 19.2 Å². The van der Waals surface area contributed by atoms with Gasteiger partial charge < -0.3 is 15.2 Å². The summed E-state index contributed by atoms with van der Waals surface area (Å²) in [5, 5.41) is 23.8. The van der Waals surface area contributed by atoms with Crippen LogP contribution in [-0.4, -0.2) is 50.4 Å². The van der Waals surface area contributed by atoms with Crippen LogP contribution >= 0.6 is 0 Å². The number of amides is 2. The van der Waals surface area contributed by atoms with Crippen molar-refractivity contribution in [2.24, 2.45) is 5.11 Å². The lowest BCUT2D eigenvalue weighted by molar-refractivity contribution is -0.129. The molecule has 2 amide bonds. The molecule has 3 atom stereocenters. The molecule has 1 aliphatic rings. The summed E-state index contributed by atoms with van der Waals surface area (Å²) in [6.07, 6.45) is 4.46. The molecule has 0 unspecified atom stereocenters. The van der Waals surface area contributed by atoms with E-state index in [0.717, 1.165) is 31.4 Å². The molecule has 38 heavy (non-hydrogen) atoms. The highest BCUT2D eigenvalue weighted by atomic mass is 16.5. The third kappa shape index (κ3) is 9.82. The molecule has 0 bridgehead atoms. The molecule has 2 aromatic rings. The van der Waals surface area contributed by atoms with Crippen molar-refractivity contribution >= 4 is 17.5 Å². The van der Waals surface area contributed by atoms with Crippen molar-refractivity contribution in [3.8, 4) is 0 Å². The quantitative estimate of drug-likeness (QED) is 0.0728. The number of unbranched alkanes of at least 4 members (excludes halogenated alkanes) is 3. The molecule has 1 fully saturated rings. The van der Waals surface area contributed by atoms with Gasteiger partial charge in [0.15, 0.2) is 0 Å². The zero-order valence-corrected chi connectivity index (χ0v) is 21.1. The summed E-state index contributed by atoms with van der Waals surface area (Å²) < 4.78 is 6.69. The van der Waals surface area contributed by atoms with Crippen molar-refractivity contribution in [2.45, 2.75) is 70.2 Å². The Balaban J connectivity index is 0.000000267. The Morgan fingerprint density at radius 1 is 1.16 bits per heavy atom. The number of aromatic nitrogens is 2. The van der Waals surface area contributed by atoms with Crippen molar-refractivity contribution in [2.75, 3.05) is 11.9 Å². The number of H-pyrrole nitrogens is 1. The number of anilines is 1. The summed E-state index contributed by atoms with van der Waals surface area (Å²) >= 11 is 0. The first-order valence-corrected chi connectivity index (χ1v) is 12.2. The number of hydrogen-bond donors (Lipinski definition) is 5. The summed E-state index contributed by atoms with van der Waals surface area (Å²) in [5.41, 5.74) is 10.2. The maximum absolute atomic E-state index is 11.7. The van der Waals surface area contributed by atoms with Crippen LogP contribution in [0, 0.1) is 6.92 Å². The van der Waals surface area contributed by atoms with Crippen LogP contribution in [0.25, 0.3) is 10.4 Å². The summed E-state index contributed by atoms with van der Waals surface area (Å²) in [6, 6.07) is 8.82. The predicted molar refractivity (Wildman–Crippen MR) is 137 cm³/mol. The average Bonchev–Trinajstić information content (AvgIpc) is 3.31. The van der Waals surface area contributed by atoms with E-state index in [1.54, 1.807) is 12.4 Å². The monoisotopic (exact) mass is 531 g/mol. The minimum Gasteiger partial charge on any atom is -0.394 e. The van der Waals surface area contributed by atoms with Crippen molar-refractivity contribution in [3.05, 3.63) is 73.4 Å². The van der Waals surface area contributed by atoms with E-state index in [1.807, 2.05) is 30.3 Å². The van der Waals surface area contributed by atoms with E-state index in [1.165, 1.54) is 10.8 Å². The van der Waals surface area contributed by atoms with Crippen molar-refractivity contribution in [1.29, 1.82) is 0 Å². The zero-order chi connectivity index (χ0) is 27.9. The predicted octanol–water partition coefficient (Wildman–Crippen LogP) is 2.27. The Bertz CT molecular complexity index is 1210. The first-order chi connectivity index (χ1) is 18.3. The van der Waals surface area contributed by atoms with Crippen LogP contribution in [0.2, 0.25) is 0 Å². The van der Waals surface area contributed by atoms with Crippen molar-refractivity contribution in [1.82, 2.24) is 15.0 Å². The second kappa shape index (κ2) is 16.0. The van der Waals surface area contributed by atoms with Gasteiger partial charge in [-0.25, -0.2) is 10.3 Å². The van der Waals surface area contributed by atoms with Gasteiger partial charge in [-0.15, -0.1) is 0 Å². The fourth-order valence-corrected chi connectivity index (χ4v) is 3.76. The van der Waals surface area contributed by atoms with Crippen molar-refractivity contribution in [3.63, 3.8) is 0 Å². The van der Waals surface area contributed by atoms with Gasteiger partial charge >= 0.3 is 5.69 Å². The van der Waals surface area contributed by atoms with Crippen LogP contribution in [0.5, 0.6) is 0 Å². The number of nitrogens with one attached hydrogen (secondary N) is 3. The molecule has 1 aromatic carbocycles. The number of aromatic amines is 1. The Hall–Kier alpha value is -3.97. The minimum atomic E-state index is -0.671. The highest BCUT2D eigenvalue weighted by Gasteiger charge is 2.35. The van der Waals surface area contributed by atoms with Crippen LogP contribution in [0.3, 0.4) is 0 Å². The van der Waals surface area contributed by atoms with Gasteiger partial charge in [-0.05, 0) is 37.4 Å². The third-order valence-corrected chi connectivity index (χ3v) is 5.78. The Morgan fingerprint density at radius 3 is 2.42 bits per heavy atom. The second-order valence-electron chi connectivity index (χ2n) is 8.66. The molecule has 14 heteroatoms. The first kappa shape index (κ1) is 30.3. The molecule has 2 heterocycles. The number of aliphatic hydroxyl groups is 1. The number of aliphatic hydroxyl groups excluding tert-OH is 1. The van der Waals surface area contributed by atoms with E-state index in [-0.39, 0.29) is 24.8 Å². The van der Waals surface area contributed by atoms with E-state index in [0.29, 0.717) is 18.4 Å².